The summed E-state index contributed by atoms with van der Waals surface area (Å²) in [6, 6.07) is 5.93. The van der Waals surface area contributed by atoms with Gasteiger partial charge in [-0.2, -0.15) is 13.2 Å². The molecule has 17 heavy (non-hydrogen) atoms. The summed E-state index contributed by atoms with van der Waals surface area (Å²) in [6.45, 7) is 0. The van der Waals surface area contributed by atoms with Crippen LogP contribution in [0.2, 0.25) is 0 Å². The minimum absolute atomic E-state index is 0.0428. The Bertz CT molecular complexity index is 619. The highest BCUT2D eigenvalue weighted by Gasteiger charge is 2.37. The van der Waals surface area contributed by atoms with Crippen molar-refractivity contribution in [3.8, 4) is 0 Å². The normalized spacial score (nSPS) is 11.8. The number of benzene rings is 1. The van der Waals surface area contributed by atoms with Crippen molar-refractivity contribution in [2.45, 2.75) is 6.18 Å². The highest BCUT2D eigenvalue weighted by atomic mass is 19.4. The molecule has 1 heterocycles. The van der Waals surface area contributed by atoms with Crippen LogP contribution in [0.15, 0.2) is 29.1 Å². The van der Waals surface area contributed by atoms with Gasteiger partial charge in [0.1, 0.15) is 12.6 Å². The second-order valence-corrected chi connectivity index (χ2v) is 3.23. The quantitative estimate of drug-likeness (QED) is 0.763. The fraction of sp³-hybridized carbons (Fsp3) is 0.200. The van der Waals surface area contributed by atoms with Gasteiger partial charge in [-0.05, 0) is 12.1 Å². The molecule has 90 valence electrons. The van der Waals surface area contributed by atoms with Crippen LogP contribution in [0.5, 0.6) is 0 Å². The molecule has 0 saturated heterocycles. The van der Waals surface area contributed by atoms with Crippen molar-refractivity contribution in [3.63, 3.8) is 0 Å². The minimum atomic E-state index is -4.80. The van der Waals surface area contributed by atoms with E-state index in [0.717, 1.165) is 7.11 Å². The maximum atomic E-state index is 12.6. The fourth-order valence-corrected chi connectivity index (χ4v) is 1.47. The molecular formula is C10H7F3N2O2. The van der Waals surface area contributed by atoms with E-state index < -0.39 is 17.4 Å². The second kappa shape index (κ2) is 3.76. The Kier molecular flexibility index (Phi) is 2.53. The van der Waals surface area contributed by atoms with Gasteiger partial charge in [-0.25, -0.2) is 4.98 Å². The number of hydrogen-bond acceptors (Lipinski definition) is 3. The smallest absolute Gasteiger partial charge is 0.413 e. The molecule has 0 unspecified atom stereocenters. The maximum Gasteiger partial charge on any atom is 0.439 e. The van der Waals surface area contributed by atoms with Crippen LogP contribution in [-0.4, -0.2) is 16.8 Å². The second-order valence-electron chi connectivity index (χ2n) is 3.23. The topological polar surface area (TPSA) is 44.1 Å². The molecule has 0 radical (unpaired) electrons. The zero-order valence-corrected chi connectivity index (χ0v) is 8.65. The summed E-state index contributed by atoms with van der Waals surface area (Å²) in [5, 5.41) is 0. The summed E-state index contributed by atoms with van der Waals surface area (Å²) in [6.07, 6.45) is -4.80. The Labute approximate surface area is 93.2 Å². The van der Waals surface area contributed by atoms with Crippen LogP contribution in [-0.2, 0) is 6.18 Å². The monoisotopic (exact) mass is 244 g/mol. The van der Waals surface area contributed by atoms with E-state index in [1.807, 2.05) is 0 Å². The zero-order chi connectivity index (χ0) is 12.6. The number of hydrogen-bond donors (Lipinski definition) is 0. The predicted octanol–water partition coefficient (Wildman–Crippen LogP) is 1.47. The summed E-state index contributed by atoms with van der Waals surface area (Å²) in [5.74, 6) is 0. The van der Waals surface area contributed by atoms with E-state index in [4.69, 9.17) is 0 Å². The first-order valence-electron chi connectivity index (χ1n) is 4.58. The lowest BCUT2D eigenvalue weighted by Gasteiger charge is -2.11. The first-order chi connectivity index (χ1) is 7.95. The van der Waals surface area contributed by atoms with Gasteiger partial charge in [0.2, 0.25) is 5.69 Å². The highest BCUT2D eigenvalue weighted by Crippen LogP contribution is 2.26. The molecule has 0 fully saturated rings. The van der Waals surface area contributed by atoms with Crippen LogP contribution >= 0.6 is 0 Å². The summed E-state index contributed by atoms with van der Waals surface area (Å²) in [7, 11) is 1.12. The number of para-hydroxylation sites is 2. The average Bonchev–Trinajstić information content (AvgIpc) is 2.27. The van der Waals surface area contributed by atoms with Crippen LogP contribution < -0.4 is 10.4 Å². The Morgan fingerprint density at radius 3 is 2.53 bits per heavy atom. The lowest BCUT2D eigenvalue weighted by molar-refractivity contribution is -0.143. The van der Waals surface area contributed by atoms with Crippen LogP contribution in [0.1, 0.15) is 5.69 Å². The first kappa shape index (κ1) is 11.4. The molecule has 0 amide bonds. The van der Waals surface area contributed by atoms with Gasteiger partial charge in [-0.1, -0.05) is 12.1 Å². The molecule has 0 spiro atoms. The lowest BCUT2D eigenvalue weighted by Crippen LogP contribution is -2.33. The predicted molar refractivity (Wildman–Crippen MR) is 53.5 cm³/mol. The molecule has 0 atom stereocenters. The molecule has 0 N–H and O–H groups in total. The summed E-state index contributed by atoms with van der Waals surface area (Å²) in [4.78, 5) is 19.5. The molecule has 1 aromatic heterocycles. The molecule has 0 aliphatic rings. The van der Waals surface area contributed by atoms with Gasteiger partial charge >= 0.3 is 11.7 Å². The van der Waals surface area contributed by atoms with E-state index in [1.54, 1.807) is 6.07 Å². The lowest BCUT2D eigenvalue weighted by atomic mass is 10.3. The molecule has 1 aromatic carbocycles. The van der Waals surface area contributed by atoms with Crippen LogP contribution in [0.3, 0.4) is 0 Å². The van der Waals surface area contributed by atoms with Crippen LogP contribution in [0, 0.1) is 0 Å². The number of aromatic nitrogens is 2. The minimum Gasteiger partial charge on any atom is -0.413 e. The van der Waals surface area contributed by atoms with E-state index >= 15 is 0 Å². The van der Waals surface area contributed by atoms with E-state index in [1.165, 1.54) is 18.2 Å². The Morgan fingerprint density at radius 1 is 1.29 bits per heavy atom. The van der Waals surface area contributed by atoms with Crippen LogP contribution in [0.4, 0.5) is 13.2 Å². The molecule has 0 aliphatic heterocycles. The van der Waals surface area contributed by atoms with Crippen LogP contribution in [0.25, 0.3) is 11.0 Å². The van der Waals surface area contributed by atoms with Crippen molar-refractivity contribution in [1.82, 2.24) is 9.71 Å². The third-order valence-electron chi connectivity index (χ3n) is 2.17. The third kappa shape index (κ3) is 1.83. The first-order valence-corrected chi connectivity index (χ1v) is 4.58. The number of nitrogens with zero attached hydrogens (tertiary/aromatic N) is 2. The molecule has 7 heteroatoms. The Morgan fingerprint density at radius 2 is 1.94 bits per heavy atom. The van der Waals surface area contributed by atoms with Gasteiger partial charge in [-0.3, -0.25) is 4.79 Å². The van der Waals surface area contributed by atoms with Crippen molar-refractivity contribution < 1.29 is 18.0 Å². The highest BCUT2D eigenvalue weighted by molar-refractivity contribution is 5.74. The number of rotatable bonds is 1. The van der Waals surface area contributed by atoms with Gasteiger partial charge < -0.3 is 4.84 Å². The van der Waals surface area contributed by atoms with E-state index in [0.29, 0.717) is 4.73 Å². The number of alkyl halides is 3. The largest absolute Gasteiger partial charge is 0.439 e. The SMILES string of the molecule is COn1c(=O)c(C(F)(F)F)nc2ccccc21. The molecular weight excluding hydrogens is 237 g/mol. The Balaban J connectivity index is 2.90. The van der Waals surface area contributed by atoms with Crippen molar-refractivity contribution in [1.29, 1.82) is 0 Å². The molecule has 2 aromatic rings. The summed E-state index contributed by atoms with van der Waals surface area (Å²) < 4.78 is 38.3. The number of fused-ring (bicyclic) bond motifs is 1. The fourth-order valence-electron chi connectivity index (χ4n) is 1.47. The van der Waals surface area contributed by atoms with E-state index in [2.05, 4.69) is 9.82 Å². The van der Waals surface area contributed by atoms with Gasteiger partial charge in [0, 0.05) is 0 Å². The van der Waals surface area contributed by atoms with Crippen molar-refractivity contribution in [3.05, 3.63) is 40.3 Å². The number of halogens is 3. The molecule has 4 nitrogen and oxygen atoms in total. The van der Waals surface area contributed by atoms with E-state index in [-0.39, 0.29) is 11.0 Å². The average molecular weight is 244 g/mol. The van der Waals surface area contributed by atoms with Crippen molar-refractivity contribution >= 4 is 11.0 Å². The molecule has 2 rings (SSSR count). The molecule has 0 saturated carbocycles. The van der Waals surface area contributed by atoms with Gasteiger partial charge in [0.15, 0.2) is 0 Å². The van der Waals surface area contributed by atoms with Crippen molar-refractivity contribution in [2.24, 2.45) is 0 Å². The van der Waals surface area contributed by atoms with Crippen molar-refractivity contribution in [2.75, 3.05) is 7.11 Å². The maximum absolute atomic E-state index is 12.6. The van der Waals surface area contributed by atoms with Gasteiger partial charge in [0.05, 0.1) is 5.52 Å². The molecule has 0 aliphatic carbocycles. The van der Waals surface area contributed by atoms with Gasteiger partial charge in [0.25, 0.3) is 0 Å². The standard InChI is InChI=1S/C10H7F3N2O2/c1-17-15-7-5-3-2-4-6(7)14-8(9(15)16)10(11,12)13/h2-5H,1H3. The molecule has 0 bridgehead atoms. The Hall–Kier alpha value is -2.05. The summed E-state index contributed by atoms with van der Waals surface area (Å²) in [5.41, 5.74) is -2.58. The third-order valence-corrected chi connectivity index (χ3v) is 2.17. The van der Waals surface area contributed by atoms with Gasteiger partial charge in [-0.15, -0.1) is 4.73 Å². The van der Waals surface area contributed by atoms with E-state index in [9.17, 15) is 18.0 Å². The zero-order valence-electron chi connectivity index (χ0n) is 8.65. The summed E-state index contributed by atoms with van der Waals surface area (Å²) >= 11 is 0.